The number of benzene rings is 1. The van der Waals surface area contributed by atoms with Gasteiger partial charge in [0.25, 0.3) is 5.56 Å². The average Bonchev–Trinajstić information content (AvgIpc) is 3.32. The molecule has 0 amide bonds. The van der Waals surface area contributed by atoms with Crippen LogP contribution >= 0.6 is 23.1 Å². The first-order chi connectivity index (χ1) is 12.8. The van der Waals surface area contributed by atoms with E-state index in [1.807, 2.05) is 36.4 Å². The Bertz CT molecular complexity index is 1340. The Morgan fingerprint density at radius 1 is 1.08 bits per heavy atom. The van der Waals surface area contributed by atoms with Crippen molar-refractivity contribution in [2.24, 2.45) is 0 Å². The Morgan fingerprint density at radius 2 is 1.92 bits per heavy atom. The largest absolute Gasteiger partial charge is 0.450 e. The van der Waals surface area contributed by atoms with Crippen LogP contribution in [0.3, 0.4) is 0 Å². The second-order valence-electron chi connectivity index (χ2n) is 5.42. The van der Waals surface area contributed by atoms with Crippen molar-refractivity contribution in [2.45, 2.75) is 10.2 Å². The highest BCUT2D eigenvalue weighted by atomic mass is 32.2. The molecular weight excluding hydrogens is 368 g/mol. The predicted octanol–water partition coefficient (Wildman–Crippen LogP) is 2.99. The zero-order valence-electron chi connectivity index (χ0n) is 13.2. The van der Waals surface area contributed by atoms with Crippen LogP contribution in [0.1, 0.15) is 5.76 Å². The van der Waals surface area contributed by atoms with Gasteiger partial charge in [-0.05, 0) is 42.1 Å². The van der Waals surface area contributed by atoms with Gasteiger partial charge in [-0.25, -0.2) is 19.4 Å². The fourth-order valence-corrected chi connectivity index (χ4v) is 4.28. The average molecular weight is 378 g/mol. The molecule has 0 N–H and O–H groups in total. The lowest BCUT2D eigenvalue weighted by atomic mass is 10.3. The van der Waals surface area contributed by atoms with Crippen LogP contribution in [0.2, 0.25) is 0 Å². The predicted molar refractivity (Wildman–Crippen MR) is 100 cm³/mol. The first-order valence-electron chi connectivity index (χ1n) is 7.74. The van der Waals surface area contributed by atoms with Crippen LogP contribution in [0.25, 0.3) is 22.1 Å². The Hall–Kier alpha value is -2.97. The Balaban J connectivity index is 1.55. The zero-order valence-corrected chi connectivity index (χ0v) is 14.8. The molecule has 0 aliphatic carbocycles. The number of furan rings is 1. The Morgan fingerprint density at radius 3 is 2.81 bits per heavy atom. The molecule has 0 saturated heterocycles. The van der Waals surface area contributed by atoms with Crippen molar-refractivity contribution in [3.63, 3.8) is 0 Å². The van der Waals surface area contributed by atoms with E-state index >= 15 is 0 Å². The molecule has 5 rings (SSSR count). The molecule has 126 valence electrons. The number of thiazole rings is 1. The highest BCUT2D eigenvalue weighted by molar-refractivity contribution is 7.99. The van der Waals surface area contributed by atoms with E-state index in [9.17, 15) is 4.79 Å². The molecule has 4 aromatic heterocycles. The lowest BCUT2D eigenvalue weighted by Gasteiger charge is -1.93. The summed E-state index contributed by atoms with van der Waals surface area (Å²) in [6.07, 6.45) is 5.11. The van der Waals surface area contributed by atoms with Gasteiger partial charge < -0.3 is 4.42 Å². The number of aromatic nitrogens is 4. The summed E-state index contributed by atoms with van der Waals surface area (Å²) in [6, 6.07) is 13.0. The van der Waals surface area contributed by atoms with Gasteiger partial charge in [0.1, 0.15) is 10.3 Å². The SMILES string of the molecule is O=c1/c(=C\c2ccc(Sc3ncccn3)o2)sc2nc3ccccc3n12. The second-order valence-corrected chi connectivity index (χ2v) is 7.41. The molecule has 0 spiro atoms. The second kappa shape index (κ2) is 6.08. The maximum Gasteiger partial charge on any atom is 0.275 e. The van der Waals surface area contributed by atoms with E-state index in [1.54, 1.807) is 28.9 Å². The van der Waals surface area contributed by atoms with Crippen LogP contribution in [0.15, 0.2) is 74.3 Å². The molecule has 0 unspecified atom stereocenters. The van der Waals surface area contributed by atoms with Gasteiger partial charge in [0.05, 0.1) is 11.0 Å². The lowest BCUT2D eigenvalue weighted by molar-refractivity contribution is 0.465. The molecule has 1 aromatic carbocycles. The molecule has 5 aromatic rings. The highest BCUT2D eigenvalue weighted by Gasteiger charge is 2.11. The summed E-state index contributed by atoms with van der Waals surface area (Å²) in [5, 5.41) is 1.28. The van der Waals surface area contributed by atoms with Crippen molar-refractivity contribution < 1.29 is 4.42 Å². The quantitative estimate of drug-likeness (QED) is 0.450. The van der Waals surface area contributed by atoms with Crippen molar-refractivity contribution in [2.75, 3.05) is 0 Å². The summed E-state index contributed by atoms with van der Waals surface area (Å²) in [5.74, 6) is 0.606. The van der Waals surface area contributed by atoms with Crippen molar-refractivity contribution >= 4 is 45.2 Å². The summed E-state index contributed by atoms with van der Waals surface area (Å²) in [6.45, 7) is 0. The number of rotatable bonds is 3. The molecule has 4 heterocycles. The molecule has 26 heavy (non-hydrogen) atoms. The van der Waals surface area contributed by atoms with E-state index in [1.165, 1.54) is 23.1 Å². The van der Waals surface area contributed by atoms with Gasteiger partial charge in [-0.1, -0.05) is 23.5 Å². The summed E-state index contributed by atoms with van der Waals surface area (Å²) in [5.41, 5.74) is 1.55. The molecule has 0 aliphatic heterocycles. The third-order valence-electron chi connectivity index (χ3n) is 3.75. The molecule has 0 atom stereocenters. The number of fused-ring (bicyclic) bond motifs is 3. The van der Waals surface area contributed by atoms with Crippen molar-refractivity contribution in [1.82, 2.24) is 19.4 Å². The van der Waals surface area contributed by atoms with Gasteiger partial charge in [-0.2, -0.15) is 0 Å². The van der Waals surface area contributed by atoms with Crippen molar-refractivity contribution in [3.05, 3.63) is 75.5 Å². The fraction of sp³-hybridized carbons (Fsp3) is 0. The molecule has 0 radical (unpaired) electrons. The van der Waals surface area contributed by atoms with Gasteiger partial charge in [0.15, 0.2) is 15.2 Å². The van der Waals surface area contributed by atoms with Crippen LogP contribution in [-0.4, -0.2) is 19.4 Å². The smallest absolute Gasteiger partial charge is 0.275 e. The minimum Gasteiger partial charge on any atom is -0.450 e. The van der Waals surface area contributed by atoms with Gasteiger partial charge >= 0.3 is 0 Å². The minimum atomic E-state index is -0.0873. The first kappa shape index (κ1) is 15.3. The number of nitrogens with zero attached hydrogens (tertiary/aromatic N) is 4. The first-order valence-corrected chi connectivity index (χ1v) is 9.38. The molecule has 0 fully saturated rings. The van der Waals surface area contributed by atoms with E-state index < -0.39 is 0 Å². The maximum atomic E-state index is 12.7. The zero-order chi connectivity index (χ0) is 17.5. The highest BCUT2D eigenvalue weighted by Crippen LogP contribution is 2.26. The third kappa shape index (κ3) is 2.59. The Kier molecular flexibility index (Phi) is 3.58. The molecular formula is C18H10N4O2S2. The maximum absolute atomic E-state index is 12.7. The molecule has 8 heteroatoms. The summed E-state index contributed by atoms with van der Waals surface area (Å²) >= 11 is 2.68. The van der Waals surface area contributed by atoms with Gasteiger partial charge in [0, 0.05) is 18.5 Å². The number of imidazole rings is 1. The van der Waals surface area contributed by atoms with E-state index in [0.29, 0.717) is 25.5 Å². The summed E-state index contributed by atoms with van der Waals surface area (Å²) < 4.78 is 8.00. The number of para-hydroxylation sites is 2. The van der Waals surface area contributed by atoms with E-state index in [4.69, 9.17) is 4.42 Å². The third-order valence-corrected chi connectivity index (χ3v) is 5.54. The standard InChI is InChI=1S/C18H10N4O2S2/c23-16-14(25-18-21-12-4-1-2-5-13(12)22(16)18)10-11-6-7-15(24-11)26-17-19-8-3-9-20-17/h1-10H/b14-10+. The normalized spacial score (nSPS) is 12.4. The van der Waals surface area contributed by atoms with Crippen LogP contribution in [0, 0.1) is 0 Å². The molecule has 6 nitrogen and oxygen atoms in total. The van der Waals surface area contributed by atoms with Crippen LogP contribution < -0.4 is 10.1 Å². The lowest BCUT2D eigenvalue weighted by Crippen LogP contribution is -2.22. The van der Waals surface area contributed by atoms with E-state index in [0.717, 1.165) is 11.0 Å². The number of hydrogen-bond acceptors (Lipinski definition) is 7. The van der Waals surface area contributed by atoms with Gasteiger partial charge in [0.2, 0.25) is 0 Å². The molecule has 0 aliphatic rings. The van der Waals surface area contributed by atoms with Crippen LogP contribution in [0.5, 0.6) is 0 Å². The summed E-state index contributed by atoms with van der Waals surface area (Å²) in [7, 11) is 0. The molecule has 0 saturated carbocycles. The Labute approximate surface area is 154 Å². The van der Waals surface area contributed by atoms with Crippen molar-refractivity contribution in [3.8, 4) is 0 Å². The van der Waals surface area contributed by atoms with E-state index in [-0.39, 0.29) is 5.56 Å². The summed E-state index contributed by atoms with van der Waals surface area (Å²) in [4.78, 5) is 26.2. The van der Waals surface area contributed by atoms with Crippen LogP contribution in [0.4, 0.5) is 0 Å². The fourth-order valence-electron chi connectivity index (χ4n) is 2.64. The van der Waals surface area contributed by atoms with Crippen molar-refractivity contribution in [1.29, 1.82) is 0 Å². The van der Waals surface area contributed by atoms with E-state index in [2.05, 4.69) is 15.0 Å². The molecule has 0 bridgehead atoms. The van der Waals surface area contributed by atoms with Gasteiger partial charge in [-0.3, -0.25) is 4.79 Å². The topological polar surface area (TPSA) is 73.3 Å². The monoisotopic (exact) mass is 378 g/mol. The van der Waals surface area contributed by atoms with Gasteiger partial charge in [-0.15, -0.1) is 0 Å². The number of hydrogen-bond donors (Lipinski definition) is 0. The minimum absolute atomic E-state index is 0.0873. The van der Waals surface area contributed by atoms with Crippen LogP contribution in [-0.2, 0) is 0 Å².